The molecule has 26 heavy (non-hydrogen) atoms. The van der Waals surface area contributed by atoms with Crippen LogP contribution in [0.5, 0.6) is 0 Å². The van der Waals surface area contributed by atoms with E-state index in [0.717, 1.165) is 36.9 Å². The van der Waals surface area contributed by atoms with E-state index in [9.17, 15) is 4.79 Å². The zero-order valence-corrected chi connectivity index (χ0v) is 16.8. The average Bonchev–Trinajstić information content (AvgIpc) is 2.97. The Morgan fingerprint density at radius 3 is 2.38 bits per heavy atom. The third-order valence-corrected chi connectivity index (χ3v) is 5.66. The number of amidine groups is 1. The smallest absolute Gasteiger partial charge is 0.286 e. The highest BCUT2D eigenvalue weighted by Crippen LogP contribution is 2.31. The highest BCUT2D eigenvalue weighted by molar-refractivity contribution is 8.18. The first-order chi connectivity index (χ1) is 12.5. The highest BCUT2D eigenvalue weighted by Gasteiger charge is 2.30. The third kappa shape index (κ3) is 4.30. The molecule has 0 aromatic heterocycles. The molecule has 2 aliphatic heterocycles. The van der Waals surface area contributed by atoms with Crippen molar-refractivity contribution >= 4 is 34.6 Å². The predicted octanol–water partition coefficient (Wildman–Crippen LogP) is 3.61. The van der Waals surface area contributed by atoms with Crippen LogP contribution in [0.2, 0.25) is 0 Å². The van der Waals surface area contributed by atoms with Gasteiger partial charge >= 0.3 is 0 Å². The number of rotatable bonds is 4. The minimum Gasteiger partial charge on any atom is -0.372 e. The van der Waals surface area contributed by atoms with Gasteiger partial charge in [0.1, 0.15) is 0 Å². The Kier molecular flexibility index (Phi) is 6.04. The molecule has 0 saturated carbocycles. The lowest BCUT2D eigenvalue weighted by Gasteiger charge is -2.35. The van der Waals surface area contributed by atoms with Crippen LogP contribution in [0.25, 0.3) is 6.08 Å². The Labute approximate surface area is 160 Å². The van der Waals surface area contributed by atoms with Gasteiger partial charge in [0.2, 0.25) is 0 Å². The summed E-state index contributed by atoms with van der Waals surface area (Å²) in [4.78, 5) is 21.7. The standard InChI is InChI=1S/C20H27N3O2S/c1-5-22(6-2)17-9-7-16(8-10-17)11-18-19(24)21-20(26-18)23-12-14(3)25-15(4)13-23/h7-11,14-15H,5-6,12-13H2,1-4H3/b18-11+. The molecule has 1 fully saturated rings. The Morgan fingerprint density at radius 2 is 1.81 bits per heavy atom. The van der Waals surface area contributed by atoms with E-state index in [2.05, 4.69) is 66.8 Å². The first-order valence-electron chi connectivity index (χ1n) is 9.28. The lowest BCUT2D eigenvalue weighted by molar-refractivity contribution is -0.113. The fraction of sp³-hybridized carbons (Fsp3) is 0.500. The molecule has 3 rings (SSSR count). The molecule has 0 N–H and O–H groups in total. The van der Waals surface area contributed by atoms with Crippen LogP contribution in [0.4, 0.5) is 5.69 Å². The number of nitrogens with zero attached hydrogens (tertiary/aromatic N) is 3. The molecule has 0 spiro atoms. The van der Waals surface area contributed by atoms with Crippen molar-refractivity contribution < 1.29 is 9.53 Å². The maximum atomic E-state index is 12.3. The van der Waals surface area contributed by atoms with Crippen molar-refractivity contribution in [2.75, 3.05) is 31.1 Å². The molecule has 0 radical (unpaired) electrons. The number of carbonyl (C=O) groups excluding carboxylic acids is 1. The third-order valence-electron chi connectivity index (χ3n) is 4.62. The minimum atomic E-state index is -0.149. The van der Waals surface area contributed by atoms with Crippen molar-refractivity contribution in [1.82, 2.24) is 4.90 Å². The summed E-state index contributed by atoms with van der Waals surface area (Å²) >= 11 is 1.47. The summed E-state index contributed by atoms with van der Waals surface area (Å²) in [5.74, 6) is -0.149. The molecule has 2 heterocycles. The van der Waals surface area contributed by atoms with Gasteiger partial charge in [0, 0.05) is 31.9 Å². The minimum absolute atomic E-state index is 0.149. The van der Waals surface area contributed by atoms with Gasteiger partial charge in [-0.3, -0.25) is 4.79 Å². The number of amides is 1. The van der Waals surface area contributed by atoms with E-state index in [1.807, 2.05) is 6.08 Å². The maximum absolute atomic E-state index is 12.3. The molecule has 2 atom stereocenters. The highest BCUT2D eigenvalue weighted by atomic mass is 32.2. The van der Waals surface area contributed by atoms with Crippen LogP contribution in [0.15, 0.2) is 34.2 Å². The van der Waals surface area contributed by atoms with E-state index in [1.54, 1.807) is 0 Å². The average molecular weight is 374 g/mol. The van der Waals surface area contributed by atoms with Crippen LogP contribution in [0, 0.1) is 0 Å². The fourth-order valence-corrected chi connectivity index (χ4v) is 4.32. The normalized spacial score (nSPS) is 24.9. The topological polar surface area (TPSA) is 45.1 Å². The van der Waals surface area contributed by atoms with E-state index in [4.69, 9.17) is 4.74 Å². The predicted molar refractivity (Wildman–Crippen MR) is 110 cm³/mol. The number of hydrogen-bond donors (Lipinski definition) is 0. The van der Waals surface area contributed by atoms with Crippen molar-refractivity contribution in [2.45, 2.75) is 39.9 Å². The van der Waals surface area contributed by atoms with Gasteiger partial charge in [-0.15, -0.1) is 0 Å². The van der Waals surface area contributed by atoms with Gasteiger partial charge in [-0.25, -0.2) is 0 Å². The molecule has 2 unspecified atom stereocenters. The van der Waals surface area contributed by atoms with Crippen molar-refractivity contribution in [1.29, 1.82) is 0 Å². The summed E-state index contributed by atoms with van der Waals surface area (Å²) in [6, 6.07) is 8.34. The first kappa shape index (κ1) is 19.0. The molecule has 2 aliphatic rings. The lowest BCUT2D eigenvalue weighted by atomic mass is 10.2. The molecule has 6 heteroatoms. The van der Waals surface area contributed by atoms with Gasteiger partial charge in [-0.2, -0.15) is 4.99 Å². The number of carbonyl (C=O) groups is 1. The van der Waals surface area contributed by atoms with Gasteiger partial charge in [-0.05, 0) is 63.2 Å². The number of aliphatic imine (C=N–C) groups is 1. The summed E-state index contributed by atoms with van der Waals surface area (Å²) in [5, 5.41) is 0.794. The van der Waals surface area contributed by atoms with Crippen molar-refractivity contribution in [3.63, 3.8) is 0 Å². The van der Waals surface area contributed by atoms with Crippen LogP contribution < -0.4 is 4.90 Å². The zero-order valence-electron chi connectivity index (χ0n) is 15.9. The van der Waals surface area contributed by atoms with Crippen LogP contribution in [0.3, 0.4) is 0 Å². The van der Waals surface area contributed by atoms with E-state index in [0.29, 0.717) is 4.91 Å². The van der Waals surface area contributed by atoms with Crippen molar-refractivity contribution in [3.05, 3.63) is 34.7 Å². The molecule has 140 valence electrons. The number of thioether (sulfide) groups is 1. The lowest BCUT2D eigenvalue weighted by Crippen LogP contribution is -2.47. The van der Waals surface area contributed by atoms with Gasteiger partial charge < -0.3 is 14.5 Å². The molecule has 0 aliphatic carbocycles. The first-order valence-corrected chi connectivity index (χ1v) is 10.1. The molecular weight excluding hydrogens is 346 g/mol. The van der Waals surface area contributed by atoms with Crippen LogP contribution in [0.1, 0.15) is 33.3 Å². The molecule has 1 saturated heterocycles. The molecular formula is C20H27N3O2S. The van der Waals surface area contributed by atoms with Crippen molar-refractivity contribution in [3.8, 4) is 0 Å². The summed E-state index contributed by atoms with van der Waals surface area (Å²) in [7, 11) is 0. The van der Waals surface area contributed by atoms with Crippen molar-refractivity contribution in [2.24, 2.45) is 4.99 Å². The van der Waals surface area contributed by atoms with Crippen LogP contribution >= 0.6 is 11.8 Å². The Bertz CT molecular complexity index is 700. The number of benzene rings is 1. The van der Waals surface area contributed by atoms with E-state index < -0.39 is 0 Å². The van der Waals surface area contributed by atoms with E-state index >= 15 is 0 Å². The maximum Gasteiger partial charge on any atom is 0.286 e. The molecule has 1 aromatic rings. The second-order valence-corrected chi connectivity index (χ2v) is 7.75. The monoisotopic (exact) mass is 373 g/mol. The largest absolute Gasteiger partial charge is 0.372 e. The number of hydrogen-bond acceptors (Lipinski definition) is 5. The molecule has 5 nitrogen and oxygen atoms in total. The van der Waals surface area contributed by atoms with Gasteiger partial charge in [-0.1, -0.05) is 12.1 Å². The second kappa shape index (κ2) is 8.27. The number of anilines is 1. The second-order valence-electron chi connectivity index (χ2n) is 6.74. The number of morpholine rings is 1. The van der Waals surface area contributed by atoms with Crippen LogP contribution in [-0.4, -0.2) is 54.4 Å². The number of ether oxygens (including phenoxy) is 1. The molecule has 1 aromatic carbocycles. The summed E-state index contributed by atoms with van der Waals surface area (Å²) < 4.78 is 5.76. The SMILES string of the molecule is CCN(CC)c1ccc(/C=C2/SC(N3CC(C)OC(C)C3)=NC2=O)cc1. The summed E-state index contributed by atoms with van der Waals surface area (Å²) in [6.45, 7) is 11.9. The van der Waals surface area contributed by atoms with E-state index in [1.165, 1.54) is 17.4 Å². The van der Waals surface area contributed by atoms with Crippen LogP contribution in [-0.2, 0) is 9.53 Å². The quantitative estimate of drug-likeness (QED) is 0.755. The Hall–Kier alpha value is -1.79. The fourth-order valence-electron chi connectivity index (χ4n) is 3.39. The Balaban J connectivity index is 1.70. The summed E-state index contributed by atoms with van der Waals surface area (Å²) in [5.41, 5.74) is 2.23. The Morgan fingerprint density at radius 1 is 1.19 bits per heavy atom. The zero-order chi connectivity index (χ0) is 18.7. The van der Waals surface area contributed by atoms with Gasteiger partial charge in [0.15, 0.2) is 5.17 Å². The van der Waals surface area contributed by atoms with Gasteiger partial charge in [0.05, 0.1) is 17.1 Å². The summed E-state index contributed by atoms with van der Waals surface area (Å²) in [6.07, 6.45) is 2.23. The molecule has 0 bridgehead atoms. The van der Waals surface area contributed by atoms with Gasteiger partial charge in [0.25, 0.3) is 5.91 Å². The molecule has 1 amide bonds. The van der Waals surface area contributed by atoms with E-state index in [-0.39, 0.29) is 18.1 Å².